The van der Waals surface area contributed by atoms with E-state index < -0.39 is 16.1 Å². The minimum absolute atomic E-state index is 0.211. The topological polar surface area (TPSA) is 83.0 Å². The number of carbonyl (C=O) groups excluding carboxylic acids is 1. The third-order valence-electron chi connectivity index (χ3n) is 5.97. The van der Waals surface area contributed by atoms with Gasteiger partial charge in [-0.3, -0.25) is 9.69 Å². The van der Waals surface area contributed by atoms with Crippen LogP contribution in [-0.4, -0.2) is 75.4 Å². The van der Waals surface area contributed by atoms with Crippen LogP contribution in [-0.2, 0) is 14.8 Å². The predicted molar refractivity (Wildman–Crippen MR) is 135 cm³/mol. The summed E-state index contributed by atoms with van der Waals surface area (Å²) >= 11 is 1.41. The molecule has 1 fully saturated rings. The van der Waals surface area contributed by atoms with Gasteiger partial charge in [-0.1, -0.05) is 35.1 Å². The Balaban J connectivity index is 1.69. The molecular formula is C24H30N4O4S2. The molecule has 34 heavy (non-hydrogen) atoms. The highest BCUT2D eigenvalue weighted by atomic mass is 32.2. The quantitative estimate of drug-likeness (QED) is 0.470. The Labute approximate surface area is 204 Å². The van der Waals surface area contributed by atoms with E-state index in [1.165, 1.54) is 15.6 Å². The molecule has 10 heteroatoms. The highest BCUT2D eigenvalue weighted by Gasteiger charge is 2.42. The van der Waals surface area contributed by atoms with E-state index in [4.69, 9.17) is 9.72 Å². The summed E-state index contributed by atoms with van der Waals surface area (Å²) in [6, 6.07) is 11.7. The number of fused-ring (bicyclic) bond motifs is 1. The molecule has 1 saturated heterocycles. The van der Waals surface area contributed by atoms with Crippen molar-refractivity contribution >= 4 is 42.6 Å². The van der Waals surface area contributed by atoms with Crippen LogP contribution < -0.4 is 9.64 Å². The molecule has 0 aliphatic carbocycles. The molecule has 0 bridgehead atoms. The Morgan fingerprint density at radius 2 is 1.91 bits per heavy atom. The summed E-state index contributed by atoms with van der Waals surface area (Å²) < 4.78 is 34.6. The predicted octanol–water partition coefficient (Wildman–Crippen LogP) is 3.36. The van der Waals surface area contributed by atoms with E-state index in [-0.39, 0.29) is 10.8 Å². The average Bonchev–Trinajstić information content (AvgIpc) is 3.47. The van der Waals surface area contributed by atoms with Crippen LogP contribution in [0.15, 0.2) is 47.4 Å². The SMILES string of the molecule is COc1cccc2sc(N(CCN(C)C)C(=O)C3CCCN3S(=O)(=O)c3ccc(C)cc3)nc12. The van der Waals surface area contributed by atoms with E-state index in [0.29, 0.717) is 48.9 Å². The first kappa shape index (κ1) is 24.6. The van der Waals surface area contributed by atoms with Crippen LogP contribution >= 0.6 is 11.3 Å². The zero-order valence-electron chi connectivity index (χ0n) is 19.9. The lowest BCUT2D eigenvalue weighted by molar-refractivity contribution is -0.121. The van der Waals surface area contributed by atoms with Crippen LogP contribution in [0.5, 0.6) is 5.75 Å². The van der Waals surface area contributed by atoms with Crippen molar-refractivity contribution in [1.82, 2.24) is 14.2 Å². The van der Waals surface area contributed by atoms with Gasteiger partial charge in [0, 0.05) is 19.6 Å². The van der Waals surface area contributed by atoms with E-state index in [0.717, 1.165) is 10.3 Å². The first-order valence-corrected chi connectivity index (χ1v) is 13.5. The van der Waals surface area contributed by atoms with Crippen LogP contribution in [0, 0.1) is 6.92 Å². The molecule has 1 aromatic heterocycles. The van der Waals surface area contributed by atoms with Crippen LogP contribution in [0.25, 0.3) is 10.2 Å². The number of likely N-dealkylation sites (N-methyl/N-ethyl adjacent to an activating group) is 1. The number of sulfonamides is 1. The molecule has 0 radical (unpaired) electrons. The van der Waals surface area contributed by atoms with E-state index in [1.807, 2.05) is 44.1 Å². The molecule has 1 aliphatic rings. The van der Waals surface area contributed by atoms with Gasteiger partial charge in [-0.05, 0) is 58.1 Å². The number of rotatable bonds is 8. The van der Waals surface area contributed by atoms with Gasteiger partial charge >= 0.3 is 0 Å². The van der Waals surface area contributed by atoms with Gasteiger partial charge in [0.1, 0.15) is 17.3 Å². The summed E-state index contributed by atoms with van der Waals surface area (Å²) in [5, 5.41) is 0.547. The highest BCUT2D eigenvalue weighted by Crippen LogP contribution is 2.35. The van der Waals surface area contributed by atoms with Gasteiger partial charge in [0.15, 0.2) is 5.13 Å². The van der Waals surface area contributed by atoms with Gasteiger partial charge in [0.2, 0.25) is 15.9 Å². The molecular weight excluding hydrogens is 472 g/mol. The number of anilines is 1. The molecule has 0 saturated carbocycles. The van der Waals surface area contributed by atoms with Crippen molar-refractivity contribution in [3.63, 3.8) is 0 Å². The number of para-hydroxylation sites is 1. The maximum Gasteiger partial charge on any atom is 0.247 e. The van der Waals surface area contributed by atoms with Gasteiger partial charge in [0.05, 0.1) is 16.7 Å². The average molecular weight is 503 g/mol. The van der Waals surface area contributed by atoms with Gasteiger partial charge < -0.3 is 9.64 Å². The van der Waals surface area contributed by atoms with Crippen molar-refractivity contribution in [2.45, 2.75) is 30.7 Å². The number of methoxy groups -OCH3 is 1. The van der Waals surface area contributed by atoms with Crippen LogP contribution in [0.4, 0.5) is 5.13 Å². The molecule has 2 heterocycles. The monoisotopic (exact) mass is 502 g/mol. The summed E-state index contributed by atoms with van der Waals surface area (Å²) in [4.78, 5) is 22.4. The fraction of sp³-hybridized carbons (Fsp3) is 0.417. The molecule has 1 aliphatic heterocycles. The van der Waals surface area contributed by atoms with E-state index in [2.05, 4.69) is 0 Å². The molecule has 3 aromatic rings. The third kappa shape index (κ3) is 4.81. The van der Waals surface area contributed by atoms with Crippen molar-refractivity contribution < 1.29 is 17.9 Å². The summed E-state index contributed by atoms with van der Waals surface area (Å²) in [6.07, 6.45) is 1.12. The third-order valence-corrected chi connectivity index (χ3v) is 8.94. The molecule has 8 nitrogen and oxygen atoms in total. The second-order valence-corrected chi connectivity index (χ2v) is 11.6. The van der Waals surface area contributed by atoms with Crippen molar-refractivity contribution in [2.75, 3.05) is 45.7 Å². The van der Waals surface area contributed by atoms with Crippen LogP contribution in [0.3, 0.4) is 0 Å². The highest BCUT2D eigenvalue weighted by molar-refractivity contribution is 7.89. The molecule has 0 spiro atoms. The maximum absolute atomic E-state index is 13.9. The van der Waals surface area contributed by atoms with E-state index >= 15 is 0 Å². The minimum atomic E-state index is -3.79. The molecule has 1 atom stereocenters. The number of benzene rings is 2. The Kier molecular flexibility index (Phi) is 7.22. The number of carbonyl (C=O) groups is 1. The number of aryl methyl sites for hydroxylation is 1. The van der Waals surface area contributed by atoms with Crippen molar-refractivity contribution in [2.24, 2.45) is 0 Å². The number of hydrogen-bond acceptors (Lipinski definition) is 7. The largest absolute Gasteiger partial charge is 0.494 e. The second-order valence-electron chi connectivity index (χ2n) is 8.68. The molecule has 2 aromatic carbocycles. The Morgan fingerprint density at radius 3 is 2.59 bits per heavy atom. The summed E-state index contributed by atoms with van der Waals surface area (Å²) in [5.41, 5.74) is 1.68. The van der Waals surface area contributed by atoms with Gasteiger partial charge in [-0.25, -0.2) is 13.4 Å². The van der Waals surface area contributed by atoms with Gasteiger partial charge in [-0.15, -0.1) is 0 Å². The zero-order valence-corrected chi connectivity index (χ0v) is 21.5. The van der Waals surface area contributed by atoms with Crippen LogP contribution in [0.2, 0.25) is 0 Å². The fourth-order valence-electron chi connectivity index (χ4n) is 4.09. The molecule has 1 amide bonds. The zero-order chi connectivity index (χ0) is 24.5. The Bertz CT molecular complexity index is 1270. The molecule has 182 valence electrons. The summed E-state index contributed by atoms with van der Waals surface area (Å²) in [6.45, 7) is 3.26. The second kappa shape index (κ2) is 9.99. The molecule has 0 N–H and O–H groups in total. The van der Waals surface area contributed by atoms with E-state index in [1.54, 1.807) is 36.3 Å². The summed E-state index contributed by atoms with van der Waals surface area (Å²) in [7, 11) is 1.68. The Morgan fingerprint density at radius 1 is 1.18 bits per heavy atom. The number of nitrogens with zero attached hydrogens (tertiary/aromatic N) is 4. The minimum Gasteiger partial charge on any atom is -0.494 e. The standard InChI is InChI=1S/C24H30N4O4S2/c1-17-10-12-18(13-11-17)34(30,31)28-14-6-7-19(28)23(29)27(16-15-26(2)3)24-25-22-20(32-4)8-5-9-21(22)33-24/h5,8-13,19H,6-7,14-16H2,1-4H3. The van der Waals surface area contributed by atoms with Gasteiger partial charge in [0.25, 0.3) is 0 Å². The fourth-order valence-corrected chi connectivity index (χ4v) is 6.76. The summed E-state index contributed by atoms with van der Waals surface area (Å²) in [5.74, 6) is 0.400. The number of aromatic nitrogens is 1. The number of ether oxygens (including phenoxy) is 1. The lowest BCUT2D eigenvalue weighted by Crippen LogP contribution is -2.49. The number of thiazole rings is 1. The Hall–Kier alpha value is -2.53. The van der Waals surface area contributed by atoms with Crippen molar-refractivity contribution in [3.8, 4) is 5.75 Å². The first-order chi connectivity index (χ1) is 16.2. The van der Waals surface area contributed by atoms with Crippen LogP contribution in [0.1, 0.15) is 18.4 Å². The van der Waals surface area contributed by atoms with Crippen molar-refractivity contribution in [3.05, 3.63) is 48.0 Å². The smallest absolute Gasteiger partial charge is 0.247 e. The maximum atomic E-state index is 13.9. The van der Waals surface area contributed by atoms with Gasteiger partial charge in [-0.2, -0.15) is 4.31 Å². The molecule has 1 unspecified atom stereocenters. The van der Waals surface area contributed by atoms with E-state index in [9.17, 15) is 13.2 Å². The number of amides is 1. The molecule has 4 rings (SSSR count). The lowest BCUT2D eigenvalue weighted by Gasteiger charge is -2.29. The normalized spacial score (nSPS) is 16.9. The first-order valence-electron chi connectivity index (χ1n) is 11.2. The number of hydrogen-bond donors (Lipinski definition) is 0. The van der Waals surface area contributed by atoms with Crippen molar-refractivity contribution in [1.29, 1.82) is 0 Å². The lowest BCUT2D eigenvalue weighted by atomic mass is 10.2.